The molecule has 0 aromatic heterocycles. The zero-order chi connectivity index (χ0) is 15.1. The van der Waals surface area contributed by atoms with E-state index < -0.39 is 5.97 Å². The van der Waals surface area contributed by atoms with Crippen LogP contribution in [-0.2, 0) is 9.59 Å². The lowest BCUT2D eigenvalue weighted by molar-refractivity contribution is -0.137. The van der Waals surface area contributed by atoms with Gasteiger partial charge in [-0.2, -0.15) is 0 Å². The number of hydrogen-bond acceptors (Lipinski definition) is 3. The van der Waals surface area contributed by atoms with E-state index in [-0.39, 0.29) is 30.9 Å². The monoisotopic (exact) mass is 285 g/mol. The highest BCUT2D eigenvalue weighted by atomic mass is 16.4. The Hall–Kier alpha value is -1.79. The number of carbonyl (C=O) groups excluding carboxylic acids is 2. The molecule has 1 rings (SSSR count). The summed E-state index contributed by atoms with van der Waals surface area (Å²) in [5, 5.41) is 11.5. The highest BCUT2D eigenvalue weighted by Gasteiger charge is 2.26. The lowest BCUT2D eigenvalue weighted by Gasteiger charge is -2.35. The van der Waals surface area contributed by atoms with E-state index in [1.165, 1.54) is 6.92 Å². The summed E-state index contributed by atoms with van der Waals surface area (Å²) in [7, 11) is 0. The molecule has 1 heterocycles. The Morgan fingerprint density at radius 1 is 1.30 bits per heavy atom. The van der Waals surface area contributed by atoms with Gasteiger partial charge in [-0.1, -0.05) is 0 Å². The number of piperidine rings is 1. The number of nitrogens with zero attached hydrogens (tertiary/aromatic N) is 2. The summed E-state index contributed by atoms with van der Waals surface area (Å²) in [5.41, 5.74) is 0. The van der Waals surface area contributed by atoms with Gasteiger partial charge in [0.2, 0.25) is 5.91 Å². The van der Waals surface area contributed by atoms with Gasteiger partial charge in [0.1, 0.15) is 0 Å². The number of aliphatic carboxylic acids is 1. The van der Waals surface area contributed by atoms with E-state index in [1.807, 2.05) is 6.92 Å². The van der Waals surface area contributed by atoms with E-state index in [0.29, 0.717) is 19.6 Å². The van der Waals surface area contributed by atoms with Crippen molar-refractivity contribution >= 4 is 17.9 Å². The van der Waals surface area contributed by atoms with Crippen LogP contribution in [0.3, 0.4) is 0 Å². The van der Waals surface area contributed by atoms with Crippen LogP contribution in [0.5, 0.6) is 0 Å². The molecule has 0 spiro atoms. The van der Waals surface area contributed by atoms with Gasteiger partial charge in [-0.25, -0.2) is 4.79 Å². The van der Waals surface area contributed by atoms with Gasteiger partial charge >= 0.3 is 12.0 Å². The second-order valence-corrected chi connectivity index (χ2v) is 4.97. The zero-order valence-corrected chi connectivity index (χ0v) is 12.1. The van der Waals surface area contributed by atoms with Crippen molar-refractivity contribution in [3.63, 3.8) is 0 Å². The van der Waals surface area contributed by atoms with E-state index in [9.17, 15) is 14.4 Å². The standard InChI is InChI=1S/C13H23N3O4/c1-3-15(9-6-12(18)19)13(20)16-7-4-11(5-8-16)14-10(2)17/h11H,3-9H2,1-2H3,(H,14,17)(H,18,19). The zero-order valence-electron chi connectivity index (χ0n) is 12.1. The first-order chi connectivity index (χ1) is 9.43. The number of carboxylic acid groups (broad SMARTS) is 1. The normalized spacial score (nSPS) is 15.8. The van der Waals surface area contributed by atoms with Crippen molar-refractivity contribution in [3.05, 3.63) is 0 Å². The summed E-state index contributed by atoms with van der Waals surface area (Å²) in [6.45, 7) is 5.24. The number of carboxylic acids is 1. The van der Waals surface area contributed by atoms with Crippen LogP contribution < -0.4 is 5.32 Å². The van der Waals surface area contributed by atoms with Gasteiger partial charge < -0.3 is 20.2 Å². The molecule has 3 amide bonds. The van der Waals surface area contributed by atoms with Crippen LogP contribution in [0.4, 0.5) is 4.79 Å². The molecule has 0 bridgehead atoms. The van der Waals surface area contributed by atoms with Gasteiger partial charge in [0.05, 0.1) is 6.42 Å². The molecule has 1 saturated heterocycles. The summed E-state index contributed by atoms with van der Waals surface area (Å²) in [4.78, 5) is 37.1. The van der Waals surface area contributed by atoms with E-state index in [4.69, 9.17) is 5.11 Å². The molecule has 1 aliphatic rings. The lowest BCUT2D eigenvalue weighted by Crippen LogP contribution is -2.50. The minimum absolute atomic E-state index is 0.0397. The van der Waals surface area contributed by atoms with Crippen LogP contribution in [0.2, 0.25) is 0 Å². The van der Waals surface area contributed by atoms with E-state index >= 15 is 0 Å². The van der Waals surface area contributed by atoms with Gasteiger partial charge in [0.15, 0.2) is 0 Å². The number of hydrogen-bond donors (Lipinski definition) is 2. The number of likely N-dealkylation sites (tertiary alicyclic amines) is 1. The molecule has 0 atom stereocenters. The second kappa shape index (κ2) is 7.72. The number of amides is 3. The minimum atomic E-state index is -0.902. The Morgan fingerprint density at radius 2 is 1.90 bits per heavy atom. The Kier molecular flexibility index (Phi) is 6.27. The van der Waals surface area contributed by atoms with Gasteiger partial charge in [-0.05, 0) is 19.8 Å². The molecular weight excluding hydrogens is 262 g/mol. The summed E-state index contributed by atoms with van der Waals surface area (Å²) < 4.78 is 0. The molecule has 0 radical (unpaired) electrons. The first kappa shape index (κ1) is 16.3. The fraction of sp³-hybridized carbons (Fsp3) is 0.769. The topological polar surface area (TPSA) is 90.0 Å². The third-order valence-electron chi connectivity index (χ3n) is 3.42. The van der Waals surface area contributed by atoms with Crippen molar-refractivity contribution < 1.29 is 19.5 Å². The van der Waals surface area contributed by atoms with E-state index in [1.54, 1.807) is 9.80 Å². The molecule has 7 nitrogen and oxygen atoms in total. The van der Waals surface area contributed by atoms with Crippen LogP contribution in [0, 0.1) is 0 Å². The minimum Gasteiger partial charge on any atom is -0.481 e. The van der Waals surface area contributed by atoms with Crippen LogP contribution in [0.15, 0.2) is 0 Å². The molecule has 20 heavy (non-hydrogen) atoms. The van der Waals surface area contributed by atoms with Crippen molar-refractivity contribution in [2.75, 3.05) is 26.2 Å². The van der Waals surface area contributed by atoms with Crippen LogP contribution in [0.1, 0.15) is 33.1 Å². The van der Waals surface area contributed by atoms with Crippen molar-refractivity contribution in [1.29, 1.82) is 0 Å². The summed E-state index contributed by atoms with van der Waals surface area (Å²) in [5.74, 6) is -0.952. The fourth-order valence-electron chi connectivity index (χ4n) is 2.32. The number of urea groups is 1. The average Bonchev–Trinajstić information content (AvgIpc) is 2.39. The van der Waals surface area contributed by atoms with Crippen LogP contribution in [-0.4, -0.2) is 65.0 Å². The molecule has 7 heteroatoms. The average molecular weight is 285 g/mol. The Bertz CT molecular complexity index is 365. The van der Waals surface area contributed by atoms with Crippen molar-refractivity contribution in [2.24, 2.45) is 0 Å². The molecular formula is C13H23N3O4. The van der Waals surface area contributed by atoms with Crippen molar-refractivity contribution in [1.82, 2.24) is 15.1 Å². The smallest absolute Gasteiger partial charge is 0.320 e. The molecule has 114 valence electrons. The summed E-state index contributed by atoms with van der Waals surface area (Å²) in [6.07, 6.45) is 1.44. The molecule has 2 N–H and O–H groups in total. The maximum Gasteiger partial charge on any atom is 0.320 e. The van der Waals surface area contributed by atoms with Crippen LogP contribution >= 0.6 is 0 Å². The SMILES string of the molecule is CCN(CCC(=O)O)C(=O)N1CCC(NC(C)=O)CC1. The second-order valence-electron chi connectivity index (χ2n) is 4.97. The highest BCUT2D eigenvalue weighted by Crippen LogP contribution is 2.12. The maximum absolute atomic E-state index is 12.2. The molecule has 0 aromatic rings. The molecule has 0 unspecified atom stereocenters. The lowest BCUT2D eigenvalue weighted by atomic mass is 10.1. The van der Waals surface area contributed by atoms with Crippen LogP contribution in [0.25, 0.3) is 0 Å². The third kappa shape index (κ3) is 5.07. The van der Waals surface area contributed by atoms with Gasteiger partial charge in [0.25, 0.3) is 0 Å². The number of nitrogens with one attached hydrogen (secondary N) is 1. The van der Waals surface area contributed by atoms with E-state index in [2.05, 4.69) is 5.32 Å². The summed E-state index contributed by atoms with van der Waals surface area (Å²) >= 11 is 0. The maximum atomic E-state index is 12.2. The summed E-state index contributed by atoms with van der Waals surface area (Å²) in [6, 6.07) is 0.0145. The molecule has 1 fully saturated rings. The Morgan fingerprint density at radius 3 is 2.35 bits per heavy atom. The van der Waals surface area contributed by atoms with Gasteiger partial charge in [-0.3, -0.25) is 9.59 Å². The first-order valence-corrected chi connectivity index (χ1v) is 6.96. The molecule has 0 aromatic carbocycles. The highest BCUT2D eigenvalue weighted by molar-refractivity contribution is 5.76. The molecule has 1 aliphatic heterocycles. The Balaban J connectivity index is 2.43. The predicted octanol–water partition coefficient (Wildman–Crippen LogP) is 0.504. The van der Waals surface area contributed by atoms with E-state index in [0.717, 1.165) is 12.8 Å². The van der Waals surface area contributed by atoms with Crippen molar-refractivity contribution in [3.8, 4) is 0 Å². The quantitative estimate of drug-likeness (QED) is 0.770. The largest absolute Gasteiger partial charge is 0.481 e. The Labute approximate surface area is 118 Å². The predicted molar refractivity (Wildman–Crippen MR) is 73.3 cm³/mol. The van der Waals surface area contributed by atoms with Crippen molar-refractivity contribution in [2.45, 2.75) is 39.2 Å². The fourth-order valence-corrected chi connectivity index (χ4v) is 2.32. The number of rotatable bonds is 5. The first-order valence-electron chi connectivity index (χ1n) is 6.96. The molecule has 0 saturated carbocycles. The number of carbonyl (C=O) groups is 3. The molecule has 0 aliphatic carbocycles. The third-order valence-corrected chi connectivity index (χ3v) is 3.42. The van der Waals surface area contributed by atoms with Gasteiger partial charge in [-0.15, -0.1) is 0 Å². The van der Waals surface area contributed by atoms with Gasteiger partial charge in [0, 0.05) is 39.1 Å².